The Morgan fingerprint density at radius 2 is 1.75 bits per heavy atom. The van der Waals surface area contributed by atoms with Crippen molar-refractivity contribution >= 4 is 5.91 Å². The summed E-state index contributed by atoms with van der Waals surface area (Å²) in [5.74, 6) is 0.484. The van der Waals surface area contributed by atoms with Crippen LogP contribution in [-0.4, -0.2) is 35.7 Å². The zero-order chi connectivity index (χ0) is 12.7. The molecular weight excluding hydrogens is 204 g/mol. The normalized spacial score (nSPS) is 16.9. The van der Waals surface area contributed by atoms with Crippen LogP contribution >= 0.6 is 0 Å². The van der Waals surface area contributed by atoms with Gasteiger partial charge >= 0.3 is 0 Å². The van der Waals surface area contributed by atoms with Gasteiger partial charge in [-0.3, -0.25) is 4.79 Å². The summed E-state index contributed by atoms with van der Waals surface area (Å²) in [5.41, 5.74) is 0. The molecule has 0 rings (SSSR count). The lowest BCUT2D eigenvalue weighted by atomic mass is 10.1. The summed E-state index contributed by atoms with van der Waals surface area (Å²) < 4.78 is 0. The van der Waals surface area contributed by atoms with Crippen molar-refractivity contribution in [1.29, 1.82) is 0 Å². The van der Waals surface area contributed by atoms with Crippen molar-refractivity contribution in [3.63, 3.8) is 0 Å². The van der Waals surface area contributed by atoms with Gasteiger partial charge in [-0.1, -0.05) is 13.8 Å². The van der Waals surface area contributed by atoms with E-state index in [-0.39, 0.29) is 24.1 Å². The summed E-state index contributed by atoms with van der Waals surface area (Å²) in [7, 11) is 0. The fourth-order valence-corrected chi connectivity index (χ4v) is 1.54. The first-order chi connectivity index (χ1) is 7.32. The van der Waals surface area contributed by atoms with Crippen molar-refractivity contribution in [3.8, 4) is 0 Å². The van der Waals surface area contributed by atoms with E-state index in [1.54, 1.807) is 6.92 Å². The van der Waals surface area contributed by atoms with Gasteiger partial charge in [-0.05, 0) is 33.1 Å². The van der Waals surface area contributed by atoms with E-state index >= 15 is 0 Å². The minimum Gasteiger partial charge on any atom is -0.393 e. The molecule has 96 valence electrons. The monoisotopic (exact) mass is 230 g/mol. The molecule has 0 aromatic carbocycles. The molecular formula is C12H26N2O2. The van der Waals surface area contributed by atoms with Crippen LogP contribution in [0, 0.1) is 5.92 Å². The SMILES string of the molecule is CC(C)CNC(=O)C(C)NC(C)CC(C)O. The van der Waals surface area contributed by atoms with Gasteiger partial charge < -0.3 is 15.7 Å². The van der Waals surface area contributed by atoms with Crippen LogP contribution in [-0.2, 0) is 4.79 Å². The molecule has 3 atom stereocenters. The Balaban J connectivity index is 3.86. The summed E-state index contributed by atoms with van der Waals surface area (Å²) in [4.78, 5) is 11.6. The topological polar surface area (TPSA) is 61.4 Å². The molecule has 4 nitrogen and oxygen atoms in total. The van der Waals surface area contributed by atoms with E-state index in [2.05, 4.69) is 24.5 Å². The zero-order valence-corrected chi connectivity index (χ0v) is 11.1. The van der Waals surface area contributed by atoms with Gasteiger partial charge in [-0.2, -0.15) is 0 Å². The summed E-state index contributed by atoms with van der Waals surface area (Å²) in [6, 6.07) is -0.0766. The van der Waals surface area contributed by atoms with Crippen LogP contribution in [0.1, 0.15) is 41.0 Å². The Hall–Kier alpha value is -0.610. The summed E-state index contributed by atoms with van der Waals surface area (Å²) in [5, 5.41) is 15.2. The van der Waals surface area contributed by atoms with Crippen LogP contribution in [0.4, 0.5) is 0 Å². The predicted octanol–water partition coefficient (Wildman–Crippen LogP) is 0.896. The van der Waals surface area contributed by atoms with Gasteiger partial charge in [0.05, 0.1) is 12.1 Å². The first-order valence-electron chi connectivity index (χ1n) is 6.04. The van der Waals surface area contributed by atoms with Gasteiger partial charge in [0.2, 0.25) is 5.91 Å². The molecule has 3 unspecified atom stereocenters. The highest BCUT2D eigenvalue weighted by Gasteiger charge is 2.15. The van der Waals surface area contributed by atoms with E-state index in [1.165, 1.54) is 0 Å². The molecule has 0 bridgehead atoms. The third kappa shape index (κ3) is 7.65. The number of rotatable bonds is 7. The molecule has 0 saturated carbocycles. The highest BCUT2D eigenvalue weighted by Crippen LogP contribution is 1.98. The quantitative estimate of drug-likeness (QED) is 0.609. The van der Waals surface area contributed by atoms with Gasteiger partial charge in [-0.25, -0.2) is 0 Å². The van der Waals surface area contributed by atoms with E-state index in [0.717, 1.165) is 0 Å². The molecule has 0 fully saturated rings. The lowest BCUT2D eigenvalue weighted by molar-refractivity contribution is -0.123. The summed E-state index contributed by atoms with van der Waals surface area (Å²) in [6.07, 6.45) is 0.315. The lowest BCUT2D eigenvalue weighted by Crippen LogP contribution is -2.47. The third-order valence-electron chi connectivity index (χ3n) is 2.31. The van der Waals surface area contributed by atoms with Crippen LogP contribution in [0.5, 0.6) is 0 Å². The predicted molar refractivity (Wildman–Crippen MR) is 66.2 cm³/mol. The molecule has 1 amide bonds. The third-order valence-corrected chi connectivity index (χ3v) is 2.31. The first-order valence-corrected chi connectivity index (χ1v) is 6.04. The maximum absolute atomic E-state index is 11.6. The van der Waals surface area contributed by atoms with Crippen molar-refractivity contribution in [1.82, 2.24) is 10.6 Å². The molecule has 0 saturated heterocycles. The van der Waals surface area contributed by atoms with Crippen molar-refractivity contribution in [2.45, 2.75) is 59.2 Å². The van der Waals surface area contributed by atoms with Crippen molar-refractivity contribution in [2.24, 2.45) is 5.92 Å². The fourth-order valence-electron chi connectivity index (χ4n) is 1.54. The number of carbonyl (C=O) groups is 1. The first kappa shape index (κ1) is 15.4. The number of nitrogens with one attached hydrogen (secondary N) is 2. The Labute approximate surface area is 98.8 Å². The van der Waals surface area contributed by atoms with Crippen LogP contribution in [0.2, 0.25) is 0 Å². The Morgan fingerprint density at radius 3 is 2.19 bits per heavy atom. The van der Waals surface area contributed by atoms with E-state index in [9.17, 15) is 9.90 Å². The number of amides is 1. The molecule has 0 heterocycles. The molecule has 0 aliphatic carbocycles. The number of hydrogen-bond acceptors (Lipinski definition) is 3. The van der Waals surface area contributed by atoms with Crippen molar-refractivity contribution in [2.75, 3.05) is 6.54 Å². The Kier molecular flexibility index (Phi) is 7.34. The average molecular weight is 230 g/mol. The molecule has 16 heavy (non-hydrogen) atoms. The van der Waals surface area contributed by atoms with Crippen LogP contribution in [0.15, 0.2) is 0 Å². The molecule has 0 radical (unpaired) electrons. The lowest BCUT2D eigenvalue weighted by Gasteiger charge is -2.21. The number of aliphatic hydroxyl groups excluding tert-OH is 1. The Morgan fingerprint density at radius 1 is 1.19 bits per heavy atom. The van der Waals surface area contributed by atoms with Gasteiger partial charge in [-0.15, -0.1) is 0 Å². The average Bonchev–Trinajstić information content (AvgIpc) is 2.12. The van der Waals surface area contributed by atoms with Gasteiger partial charge in [0.25, 0.3) is 0 Å². The minimum absolute atomic E-state index is 0.0196. The van der Waals surface area contributed by atoms with Crippen LogP contribution in [0.3, 0.4) is 0 Å². The largest absolute Gasteiger partial charge is 0.393 e. The van der Waals surface area contributed by atoms with E-state index < -0.39 is 0 Å². The zero-order valence-electron chi connectivity index (χ0n) is 11.1. The summed E-state index contributed by atoms with van der Waals surface area (Å²) in [6.45, 7) is 10.4. The molecule has 0 aliphatic heterocycles. The van der Waals surface area contributed by atoms with Crippen LogP contribution in [0.25, 0.3) is 0 Å². The maximum Gasteiger partial charge on any atom is 0.236 e. The highest BCUT2D eigenvalue weighted by atomic mass is 16.3. The van der Waals surface area contributed by atoms with Crippen molar-refractivity contribution in [3.05, 3.63) is 0 Å². The molecule has 4 heteroatoms. The molecule has 3 N–H and O–H groups in total. The summed E-state index contributed by atoms with van der Waals surface area (Å²) >= 11 is 0. The smallest absolute Gasteiger partial charge is 0.236 e. The van der Waals surface area contributed by atoms with Crippen molar-refractivity contribution < 1.29 is 9.90 Å². The molecule has 0 spiro atoms. The van der Waals surface area contributed by atoms with Crippen LogP contribution < -0.4 is 10.6 Å². The van der Waals surface area contributed by atoms with E-state index in [1.807, 2.05) is 13.8 Å². The molecule has 0 aliphatic rings. The second-order valence-corrected chi connectivity index (χ2v) is 5.01. The van der Waals surface area contributed by atoms with E-state index in [0.29, 0.717) is 18.9 Å². The second-order valence-electron chi connectivity index (χ2n) is 5.01. The fraction of sp³-hybridized carbons (Fsp3) is 0.917. The minimum atomic E-state index is -0.339. The second kappa shape index (κ2) is 7.63. The maximum atomic E-state index is 11.6. The standard InChI is InChI=1S/C12H26N2O2/c1-8(2)7-13-12(16)11(5)14-9(3)6-10(4)15/h8-11,14-15H,6-7H2,1-5H3,(H,13,16). The highest BCUT2D eigenvalue weighted by molar-refractivity contribution is 5.81. The van der Waals surface area contributed by atoms with E-state index in [4.69, 9.17) is 0 Å². The number of aliphatic hydroxyl groups is 1. The number of carbonyl (C=O) groups excluding carboxylic acids is 1. The van der Waals surface area contributed by atoms with Gasteiger partial charge in [0.15, 0.2) is 0 Å². The molecule has 0 aromatic rings. The Bertz CT molecular complexity index is 205. The van der Waals surface area contributed by atoms with Gasteiger partial charge in [0.1, 0.15) is 0 Å². The molecule has 0 aromatic heterocycles. The number of hydrogen-bond donors (Lipinski definition) is 3. The van der Waals surface area contributed by atoms with Gasteiger partial charge in [0, 0.05) is 12.6 Å².